The highest BCUT2D eigenvalue weighted by Crippen LogP contribution is 2.39. The third-order valence-corrected chi connectivity index (χ3v) is 5.07. The summed E-state index contributed by atoms with van der Waals surface area (Å²) in [6.45, 7) is 2.17. The molecule has 0 spiro atoms. The summed E-state index contributed by atoms with van der Waals surface area (Å²) in [7, 11) is 0. The van der Waals surface area contributed by atoms with Gasteiger partial charge < -0.3 is 0 Å². The molecule has 0 saturated heterocycles. The molecule has 4 heteroatoms. The molecule has 1 aliphatic heterocycles. The number of benzene rings is 1. The van der Waals surface area contributed by atoms with Crippen molar-refractivity contribution in [2.75, 3.05) is 0 Å². The SMILES string of the molecule is CC1Cc2c(c3cccnc3n(-c3ccccc3)c2=O)S1. The van der Waals surface area contributed by atoms with E-state index in [9.17, 15) is 4.79 Å². The number of para-hydroxylation sites is 1. The van der Waals surface area contributed by atoms with E-state index in [0.29, 0.717) is 5.25 Å². The number of rotatable bonds is 1. The van der Waals surface area contributed by atoms with Crippen LogP contribution in [0, 0.1) is 0 Å². The summed E-state index contributed by atoms with van der Waals surface area (Å²) in [5, 5.41) is 1.52. The van der Waals surface area contributed by atoms with Crippen LogP contribution in [-0.4, -0.2) is 14.8 Å². The second-order valence-corrected chi connectivity index (χ2v) is 6.74. The van der Waals surface area contributed by atoms with Gasteiger partial charge in [0.2, 0.25) is 0 Å². The van der Waals surface area contributed by atoms with Crippen LogP contribution < -0.4 is 5.56 Å². The molecule has 1 atom stereocenters. The van der Waals surface area contributed by atoms with Crippen LogP contribution in [0.2, 0.25) is 0 Å². The lowest BCUT2D eigenvalue weighted by molar-refractivity contribution is 0.900. The zero-order valence-corrected chi connectivity index (χ0v) is 12.4. The lowest BCUT2D eigenvalue weighted by atomic mass is 10.1. The Hall–Kier alpha value is -2.07. The van der Waals surface area contributed by atoms with Gasteiger partial charge in [-0.15, -0.1) is 11.8 Å². The standard InChI is InChI=1S/C17H14N2OS/c1-11-10-14-15(21-11)13-8-5-9-18-16(13)19(17(14)20)12-6-3-2-4-7-12/h2-9,11H,10H2,1H3. The van der Waals surface area contributed by atoms with Crippen molar-refractivity contribution in [3.8, 4) is 5.69 Å². The first-order valence-corrected chi connectivity index (χ1v) is 7.88. The van der Waals surface area contributed by atoms with Gasteiger partial charge in [-0.3, -0.25) is 9.36 Å². The second kappa shape index (κ2) is 4.74. The zero-order chi connectivity index (χ0) is 14.4. The summed E-state index contributed by atoms with van der Waals surface area (Å²) in [6, 6.07) is 13.7. The monoisotopic (exact) mass is 294 g/mol. The van der Waals surface area contributed by atoms with E-state index in [4.69, 9.17) is 0 Å². The Morgan fingerprint density at radius 1 is 1.19 bits per heavy atom. The number of fused-ring (bicyclic) bond motifs is 3. The molecule has 3 nitrogen and oxygen atoms in total. The quantitative estimate of drug-likeness (QED) is 0.690. The molecule has 1 aromatic carbocycles. The molecule has 4 rings (SSSR count). The van der Waals surface area contributed by atoms with Gasteiger partial charge in [0, 0.05) is 27.3 Å². The van der Waals surface area contributed by atoms with Gasteiger partial charge in [-0.25, -0.2) is 4.98 Å². The van der Waals surface area contributed by atoms with E-state index in [-0.39, 0.29) is 5.56 Å². The highest BCUT2D eigenvalue weighted by Gasteiger charge is 2.26. The molecule has 0 N–H and O–H groups in total. The average Bonchev–Trinajstić information content (AvgIpc) is 2.91. The van der Waals surface area contributed by atoms with Gasteiger partial charge in [-0.1, -0.05) is 25.1 Å². The van der Waals surface area contributed by atoms with Crippen LogP contribution in [0.1, 0.15) is 12.5 Å². The molecule has 0 aliphatic carbocycles. The normalized spacial score (nSPS) is 17.1. The summed E-state index contributed by atoms with van der Waals surface area (Å²) in [6.07, 6.45) is 2.58. The number of hydrogen-bond acceptors (Lipinski definition) is 3. The number of thioether (sulfide) groups is 1. The summed E-state index contributed by atoms with van der Waals surface area (Å²) in [5.74, 6) is 0. The first-order chi connectivity index (χ1) is 10.3. The molecule has 1 unspecified atom stereocenters. The molecule has 0 radical (unpaired) electrons. The largest absolute Gasteiger partial charge is 0.269 e. The van der Waals surface area contributed by atoms with Crippen molar-refractivity contribution in [2.45, 2.75) is 23.5 Å². The second-order valence-electron chi connectivity index (χ2n) is 5.29. The fourth-order valence-electron chi connectivity index (χ4n) is 2.90. The van der Waals surface area contributed by atoms with Crippen LogP contribution in [0.15, 0.2) is 58.4 Å². The van der Waals surface area contributed by atoms with E-state index < -0.39 is 0 Å². The first kappa shape index (κ1) is 12.7. The van der Waals surface area contributed by atoms with E-state index in [0.717, 1.165) is 33.6 Å². The minimum atomic E-state index is 0.0688. The summed E-state index contributed by atoms with van der Waals surface area (Å²) >= 11 is 1.79. The van der Waals surface area contributed by atoms with E-state index in [1.54, 1.807) is 22.5 Å². The predicted octanol–water partition coefficient (Wildman–Crippen LogP) is 3.42. The lowest BCUT2D eigenvalue weighted by Crippen LogP contribution is -2.23. The van der Waals surface area contributed by atoms with Gasteiger partial charge in [0.25, 0.3) is 5.56 Å². The molecule has 0 amide bonds. The van der Waals surface area contributed by atoms with Gasteiger partial charge in [-0.05, 0) is 30.7 Å². The zero-order valence-electron chi connectivity index (χ0n) is 11.6. The van der Waals surface area contributed by atoms with Gasteiger partial charge >= 0.3 is 0 Å². The molecule has 3 heterocycles. The summed E-state index contributed by atoms with van der Waals surface area (Å²) in [4.78, 5) is 18.5. The maximum Gasteiger partial charge on any atom is 0.261 e. The molecule has 1 aliphatic rings. The van der Waals surface area contributed by atoms with Crippen LogP contribution in [-0.2, 0) is 6.42 Å². The Labute approximate surface area is 126 Å². The van der Waals surface area contributed by atoms with Gasteiger partial charge in [-0.2, -0.15) is 0 Å². The minimum absolute atomic E-state index is 0.0688. The topological polar surface area (TPSA) is 34.9 Å². The molecule has 0 fully saturated rings. The molecule has 0 bridgehead atoms. The fourth-order valence-corrected chi connectivity index (χ4v) is 4.16. The van der Waals surface area contributed by atoms with Gasteiger partial charge in [0.1, 0.15) is 5.65 Å². The van der Waals surface area contributed by atoms with Crippen LogP contribution in [0.25, 0.3) is 16.7 Å². The van der Waals surface area contributed by atoms with Crippen LogP contribution in [0.4, 0.5) is 0 Å². The average molecular weight is 294 g/mol. The van der Waals surface area contributed by atoms with Crippen molar-refractivity contribution < 1.29 is 0 Å². The smallest absolute Gasteiger partial charge is 0.261 e. The van der Waals surface area contributed by atoms with E-state index in [2.05, 4.69) is 18.0 Å². The molecule has 2 aromatic heterocycles. The predicted molar refractivity (Wildman–Crippen MR) is 86.4 cm³/mol. The van der Waals surface area contributed by atoms with Crippen molar-refractivity contribution in [3.63, 3.8) is 0 Å². The van der Waals surface area contributed by atoms with Crippen molar-refractivity contribution in [1.82, 2.24) is 9.55 Å². The van der Waals surface area contributed by atoms with E-state index >= 15 is 0 Å². The Balaban J connectivity index is 2.15. The molecule has 104 valence electrons. The summed E-state index contributed by atoms with van der Waals surface area (Å²) in [5.41, 5.74) is 2.61. The van der Waals surface area contributed by atoms with E-state index in [1.807, 2.05) is 36.4 Å². The highest BCUT2D eigenvalue weighted by atomic mass is 32.2. The molecule has 21 heavy (non-hydrogen) atoms. The Morgan fingerprint density at radius 3 is 2.81 bits per heavy atom. The van der Waals surface area contributed by atoms with Crippen molar-refractivity contribution in [1.29, 1.82) is 0 Å². The Morgan fingerprint density at radius 2 is 2.00 bits per heavy atom. The maximum atomic E-state index is 12.9. The minimum Gasteiger partial charge on any atom is -0.269 e. The van der Waals surface area contributed by atoms with Gasteiger partial charge in [0.15, 0.2) is 0 Å². The fraction of sp³-hybridized carbons (Fsp3) is 0.176. The van der Waals surface area contributed by atoms with Crippen molar-refractivity contribution >= 4 is 22.8 Å². The van der Waals surface area contributed by atoms with Crippen LogP contribution in [0.3, 0.4) is 0 Å². The maximum absolute atomic E-state index is 12.9. The number of hydrogen-bond donors (Lipinski definition) is 0. The lowest BCUT2D eigenvalue weighted by Gasteiger charge is -2.12. The number of aromatic nitrogens is 2. The molecular formula is C17H14N2OS. The van der Waals surface area contributed by atoms with Crippen molar-refractivity contribution in [2.24, 2.45) is 0 Å². The third kappa shape index (κ3) is 1.90. The third-order valence-electron chi connectivity index (χ3n) is 3.80. The Bertz CT molecular complexity index is 886. The molecule has 3 aromatic rings. The Kier molecular flexibility index (Phi) is 2.86. The summed E-state index contributed by atoms with van der Waals surface area (Å²) < 4.78 is 1.74. The molecular weight excluding hydrogens is 280 g/mol. The first-order valence-electron chi connectivity index (χ1n) is 7.00. The van der Waals surface area contributed by atoms with Gasteiger partial charge in [0.05, 0.1) is 5.69 Å². The van der Waals surface area contributed by atoms with Crippen LogP contribution in [0.5, 0.6) is 0 Å². The highest BCUT2D eigenvalue weighted by molar-refractivity contribution is 8.00. The van der Waals surface area contributed by atoms with Crippen molar-refractivity contribution in [3.05, 3.63) is 64.6 Å². The number of nitrogens with zero attached hydrogens (tertiary/aromatic N) is 2. The molecule has 0 saturated carbocycles. The number of pyridine rings is 2. The van der Waals surface area contributed by atoms with E-state index in [1.165, 1.54) is 0 Å². The van der Waals surface area contributed by atoms with Crippen LogP contribution >= 0.6 is 11.8 Å².